The molecule has 0 aliphatic heterocycles. The second-order valence-corrected chi connectivity index (χ2v) is 10.0. The minimum atomic E-state index is -0.676. The highest BCUT2D eigenvalue weighted by atomic mass is 79.9. The van der Waals surface area contributed by atoms with Gasteiger partial charge in [-0.25, -0.2) is 0 Å². The van der Waals surface area contributed by atoms with Gasteiger partial charge in [-0.1, -0.05) is 77.5 Å². The molecule has 0 aromatic heterocycles. The van der Waals surface area contributed by atoms with E-state index in [1.54, 1.807) is 7.11 Å². The standard InChI is InChI=1S/C29H31BrN2O3/c1-20-18-26(20)32(27(33)17-10-21-8-15-25(35-2)16-9-21)28(23-11-13-24(30)14-12-23)29(34)31-19-22-6-4-3-5-7-22/h3-9,11-16,20,26,28H,10,17-19H2,1-2H3,(H,31,34)/t20-,26-,28?/m0/s1. The number of halogens is 1. The molecule has 182 valence electrons. The van der Waals surface area contributed by atoms with Crippen LogP contribution in [-0.2, 0) is 22.6 Å². The average molecular weight is 535 g/mol. The number of methoxy groups -OCH3 is 1. The third kappa shape index (κ3) is 6.51. The van der Waals surface area contributed by atoms with Gasteiger partial charge in [0, 0.05) is 23.5 Å². The molecule has 1 N–H and O–H groups in total. The van der Waals surface area contributed by atoms with Gasteiger partial charge in [0.1, 0.15) is 11.8 Å². The fourth-order valence-electron chi connectivity index (χ4n) is 4.35. The first-order valence-electron chi connectivity index (χ1n) is 12.0. The average Bonchev–Trinajstić information content (AvgIpc) is 3.61. The van der Waals surface area contributed by atoms with Gasteiger partial charge >= 0.3 is 0 Å². The van der Waals surface area contributed by atoms with Gasteiger partial charge in [-0.2, -0.15) is 0 Å². The Morgan fingerprint density at radius 3 is 2.26 bits per heavy atom. The van der Waals surface area contributed by atoms with Crippen LogP contribution in [0.15, 0.2) is 83.3 Å². The molecule has 3 atom stereocenters. The maximum absolute atomic E-state index is 13.6. The topological polar surface area (TPSA) is 58.6 Å². The van der Waals surface area contributed by atoms with Crippen molar-refractivity contribution in [2.45, 2.75) is 44.8 Å². The van der Waals surface area contributed by atoms with Crippen LogP contribution in [0.2, 0.25) is 0 Å². The molecule has 35 heavy (non-hydrogen) atoms. The maximum Gasteiger partial charge on any atom is 0.247 e. The van der Waals surface area contributed by atoms with Crippen LogP contribution in [0, 0.1) is 5.92 Å². The van der Waals surface area contributed by atoms with E-state index in [2.05, 4.69) is 28.2 Å². The Morgan fingerprint density at radius 2 is 1.66 bits per heavy atom. The summed E-state index contributed by atoms with van der Waals surface area (Å²) in [4.78, 5) is 29.1. The summed E-state index contributed by atoms with van der Waals surface area (Å²) in [6, 6.07) is 24.7. The number of rotatable bonds is 10. The van der Waals surface area contributed by atoms with E-state index in [9.17, 15) is 9.59 Å². The van der Waals surface area contributed by atoms with Gasteiger partial charge < -0.3 is 15.0 Å². The monoisotopic (exact) mass is 534 g/mol. The minimum Gasteiger partial charge on any atom is -0.497 e. The molecule has 1 saturated carbocycles. The Hall–Kier alpha value is -3.12. The minimum absolute atomic E-state index is 0.00190. The smallest absolute Gasteiger partial charge is 0.247 e. The van der Waals surface area contributed by atoms with E-state index in [1.165, 1.54) is 0 Å². The molecule has 1 unspecified atom stereocenters. The summed E-state index contributed by atoms with van der Waals surface area (Å²) in [6.07, 6.45) is 1.86. The van der Waals surface area contributed by atoms with Crippen molar-refractivity contribution >= 4 is 27.7 Å². The molecule has 5 nitrogen and oxygen atoms in total. The maximum atomic E-state index is 13.6. The summed E-state index contributed by atoms with van der Waals surface area (Å²) in [6.45, 7) is 2.55. The van der Waals surface area contributed by atoms with Crippen LogP contribution in [0.25, 0.3) is 0 Å². The molecule has 2 amide bonds. The first-order chi connectivity index (χ1) is 17.0. The number of nitrogens with zero attached hydrogens (tertiary/aromatic N) is 1. The summed E-state index contributed by atoms with van der Waals surface area (Å²) >= 11 is 3.48. The number of carbonyl (C=O) groups excluding carboxylic acids is 2. The Bertz CT molecular complexity index is 1130. The predicted molar refractivity (Wildman–Crippen MR) is 141 cm³/mol. The van der Waals surface area contributed by atoms with E-state index < -0.39 is 6.04 Å². The van der Waals surface area contributed by atoms with Crippen molar-refractivity contribution in [3.63, 3.8) is 0 Å². The molecular weight excluding hydrogens is 504 g/mol. The zero-order valence-electron chi connectivity index (χ0n) is 20.1. The molecule has 3 aromatic rings. The summed E-state index contributed by atoms with van der Waals surface area (Å²) in [5, 5.41) is 3.07. The lowest BCUT2D eigenvalue weighted by molar-refractivity contribution is -0.141. The Labute approximate surface area is 215 Å². The molecule has 0 radical (unpaired) electrons. The van der Waals surface area contributed by atoms with E-state index >= 15 is 0 Å². The number of carbonyl (C=O) groups is 2. The molecule has 0 bridgehead atoms. The van der Waals surface area contributed by atoms with Crippen molar-refractivity contribution in [1.82, 2.24) is 10.2 Å². The van der Waals surface area contributed by atoms with Gasteiger partial charge in [-0.3, -0.25) is 9.59 Å². The Morgan fingerprint density at radius 1 is 1.00 bits per heavy atom. The van der Waals surface area contributed by atoms with Crippen molar-refractivity contribution in [3.05, 3.63) is 100 Å². The molecule has 6 heteroatoms. The number of hydrogen-bond donors (Lipinski definition) is 1. The van der Waals surface area contributed by atoms with Crippen LogP contribution in [-0.4, -0.2) is 29.9 Å². The lowest BCUT2D eigenvalue weighted by atomic mass is 10.0. The molecule has 3 aromatic carbocycles. The van der Waals surface area contributed by atoms with E-state index in [-0.39, 0.29) is 17.9 Å². The zero-order valence-corrected chi connectivity index (χ0v) is 21.7. The molecule has 0 heterocycles. The highest BCUT2D eigenvalue weighted by Gasteiger charge is 2.46. The number of ether oxygens (including phenoxy) is 1. The normalized spacial score (nSPS) is 17.3. The number of benzene rings is 3. The molecule has 0 spiro atoms. The summed E-state index contributed by atoms with van der Waals surface area (Å²) in [5.41, 5.74) is 2.90. The molecule has 1 fully saturated rings. The van der Waals surface area contributed by atoms with Crippen molar-refractivity contribution in [2.24, 2.45) is 5.92 Å². The van der Waals surface area contributed by atoms with Crippen LogP contribution in [0.4, 0.5) is 0 Å². The van der Waals surface area contributed by atoms with E-state index in [0.29, 0.717) is 25.3 Å². The van der Waals surface area contributed by atoms with Gasteiger partial charge in [0.25, 0.3) is 0 Å². The van der Waals surface area contributed by atoms with Gasteiger partial charge in [0.15, 0.2) is 0 Å². The van der Waals surface area contributed by atoms with Crippen molar-refractivity contribution in [3.8, 4) is 5.75 Å². The third-order valence-corrected chi connectivity index (χ3v) is 7.05. The van der Waals surface area contributed by atoms with E-state index in [4.69, 9.17) is 4.74 Å². The quantitative estimate of drug-likeness (QED) is 0.363. The summed E-state index contributed by atoms with van der Waals surface area (Å²) in [7, 11) is 1.64. The SMILES string of the molecule is COc1ccc(CCC(=O)N(C(C(=O)NCc2ccccc2)c2ccc(Br)cc2)[C@H]2C[C@@H]2C)cc1. The number of amides is 2. The Kier molecular flexibility index (Phi) is 8.24. The Balaban J connectivity index is 1.56. The fourth-order valence-corrected chi connectivity index (χ4v) is 4.61. The number of hydrogen-bond acceptors (Lipinski definition) is 3. The second-order valence-electron chi connectivity index (χ2n) is 9.09. The fraction of sp³-hybridized carbons (Fsp3) is 0.310. The van der Waals surface area contributed by atoms with Crippen LogP contribution >= 0.6 is 15.9 Å². The van der Waals surface area contributed by atoms with E-state index in [1.807, 2.05) is 83.8 Å². The van der Waals surface area contributed by atoms with Crippen LogP contribution in [0.3, 0.4) is 0 Å². The lowest BCUT2D eigenvalue weighted by Gasteiger charge is -2.32. The first kappa shape index (κ1) is 25.0. The predicted octanol–water partition coefficient (Wildman–Crippen LogP) is 5.69. The van der Waals surface area contributed by atoms with Crippen molar-refractivity contribution < 1.29 is 14.3 Å². The third-order valence-electron chi connectivity index (χ3n) is 6.52. The molecule has 1 aliphatic rings. The lowest BCUT2D eigenvalue weighted by Crippen LogP contribution is -2.45. The highest BCUT2D eigenvalue weighted by molar-refractivity contribution is 9.10. The van der Waals surface area contributed by atoms with Crippen molar-refractivity contribution in [2.75, 3.05) is 7.11 Å². The van der Waals surface area contributed by atoms with Gasteiger partial charge in [0.05, 0.1) is 7.11 Å². The molecule has 4 rings (SSSR count). The number of aryl methyl sites for hydroxylation is 1. The van der Waals surface area contributed by atoms with Crippen LogP contribution < -0.4 is 10.1 Å². The van der Waals surface area contributed by atoms with Gasteiger partial charge in [0.2, 0.25) is 11.8 Å². The molecule has 0 saturated heterocycles. The first-order valence-corrected chi connectivity index (χ1v) is 12.8. The molecular formula is C29H31BrN2O3. The van der Waals surface area contributed by atoms with E-state index in [0.717, 1.165) is 33.3 Å². The zero-order chi connectivity index (χ0) is 24.8. The van der Waals surface area contributed by atoms with Crippen molar-refractivity contribution in [1.29, 1.82) is 0 Å². The number of nitrogens with one attached hydrogen (secondary N) is 1. The second kappa shape index (κ2) is 11.5. The van der Waals surface area contributed by atoms with Gasteiger partial charge in [-0.05, 0) is 59.7 Å². The summed E-state index contributed by atoms with van der Waals surface area (Å²) in [5.74, 6) is 1.00. The largest absolute Gasteiger partial charge is 0.497 e. The summed E-state index contributed by atoms with van der Waals surface area (Å²) < 4.78 is 6.16. The molecule has 1 aliphatic carbocycles. The van der Waals surface area contributed by atoms with Crippen LogP contribution in [0.1, 0.15) is 42.5 Å². The van der Waals surface area contributed by atoms with Gasteiger partial charge in [-0.15, -0.1) is 0 Å². The van der Waals surface area contributed by atoms with Crippen LogP contribution in [0.5, 0.6) is 5.75 Å². The highest BCUT2D eigenvalue weighted by Crippen LogP contribution is 2.41.